The molecule has 1 aliphatic rings. The summed E-state index contributed by atoms with van der Waals surface area (Å²) in [6.07, 6.45) is 18.7. The number of hydrogen-bond donors (Lipinski definition) is 1. The molecule has 1 atom stereocenters. The highest BCUT2D eigenvalue weighted by molar-refractivity contribution is 4.77. The molecule has 1 rings (SSSR count). The van der Waals surface area contributed by atoms with Gasteiger partial charge in [-0.05, 0) is 31.7 Å². The first kappa shape index (κ1) is 17.0. The van der Waals surface area contributed by atoms with Gasteiger partial charge >= 0.3 is 0 Å². The highest BCUT2D eigenvalue weighted by Crippen LogP contribution is 2.25. The maximum atomic E-state index is 3.69. The van der Waals surface area contributed by atoms with Gasteiger partial charge in [-0.3, -0.25) is 0 Å². The normalized spacial score (nSPS) is 19.4. The van der Waals surface area contributed by atoms with E-state index in [2.05, 4.69) is 19.2 Å². The van der Waals surface area contributed by atoms with Crippen molar-refractivity contribution in [3.05, 3.63) is 0 Å². The third kappa shape index (κ3) is 8.68. The van der Waals surface area contributed by atoms with Crippen LogP contribution in [0, 0.1) is 5.92 Å². The fourth-order valence-corrected chi connectivity index (χ4v) is 3.46. The lowest BCUT2D eigenvalue weighted by Gasteiger charge is -2.21. The minimum atomic E-state index is 0.849. The smallest absolute Gasteiger partial charge is 0.00701 e. The summed E-state index contributed by atoms with van der Waals surface area (Å²) in [6.45, 7) is 5.89. The summed E-state index contributed by atoms with van der Waals surface area (Å²) < 4.78 is 0. The minimum Gasteiger partial charge on any atom is -0.314 e. The Balaban J connectivity index is 2.16. The Labute approximate surface area is 121 Å². The zero-order valence-electron chi connectivity index (χ0n) is 13.6. The fourth-order valence-electron chi connectivity index (χ4n) is 3.46. The topological polar surface area (TPSA) is 12.0 Å². The van der Waals surface area contributed by atoms with Gasteiger partial charge in [0.2, 0.25) is 0 Å². The van der Waals surface area contributed by atoms with E-state index in [-0.39, 0.29) is 0 Å². The summed E-state index contributed by atoms with van der Waals surface area (Å²) in [6, 6.07) is 0.849. The molecule has 0 aromatic carbocycles. The molecule has 1 aliphatic heterocycles. The first-order valence-corrected chi connectivity index (χ1v) is 9.10. The standard InChI is InChI=1S/C18H37N/c1-3-5-7-9-12-17(13-10-8-6-4-2)16-18-14-11-15-19-18/h17-19H,3-16H2,1-2H3/t18-/m0/s1. The highest BCUT2D eigenvalue weighted by atomic mass is 14.9. The van der Waals surface area contributed by atoms with E-state index in [4.69, 9.17) is 0 Å². The van der Waals surface area contributed by atoms with E-state index < -0.39 is 0 Å². The molecule has 0 amide bonds. The summed E-state index contributed by atoms with van der Waals surface area (Å²) in [7, 11) is 0. The van der Waals surface area contributed by atoms with Crippen molar-refractivity contribution in [2.45, 2.75) is 103 Å². The Kier molecular flexibility index (Phi) is 10.5. The first-order chi connectivity index (χ1) is 9.36. The molecule has 114 valence electrons. The van der Waals surface area contributed by atoms with Gasteiger partial charge in [0.15, 0.2) is 0 Å². The molecule has 0 aliphatic carbocycles. The SMILES string of the molecule is CCCCCCC(CCCCCC)C[C@@H]1CCCN1. The summed E-state index contributed by atoms with van der Waals surface area (Å²) in [4.78, 5) is 0. The van der Waals surface area contributed by atoms with Crippen molar-refractivity contribution in [1.29, 1.82) is 0 Å². The lowest BCUT2D eigenvalue weighted by Crippen LogP contribution is -2.24. The molecular formula is C18H37N. The van der Waals surface area contributed by atoms with Gasteiger partial charge < -0.3 is 5.32 Å². The van der Waals surface area contributed by atoms with Crippen molar-refractivity contribution in [2.75, 3.05) is 6.54 Å². The van der Waals surface area contributed by atoms with Crippen molar-refractivity contribution in [2.24, 2.45) is 5.92 Å². The lowest BCUT2D eigenvalue weighted by molar-refractivity contribution is 0.343. The number of unbranched alkanes of at least 4 members (excludes halogenated alkanes) is 6. The average Bonchev–Trinajstić information content (AvgIpc) is 2.92. The van der Waals surface area contributed by atoms with Gasteiger partial charge in [0, 0.05) is 6.04 Å². The zero-order chi connectivity index (χ0) is 13.8. The molecule has 0 aromatic heterocycles. The molecule has 1 saturated heterocycles. The summed E-state index contributed by atoms with van der Waals surface area (Å²) in [5.41, 5.74) is 0. The van der Waals surface area contributed by atoms with Crippen LogP contribution >= 0.6 is 0 Å². The molecule has 0 bridgehead atoms. The van der Waals surface area contributed by atoms with Crippen molar-refractivity contribution in [3.63, 3.8) is 0 Å². The fraction of sp³-hybridized carbons (Fsp3) is 1.00. The zero-order valence-corrected chi connectivity index (χ0v) is 13.6. The maximum Gasteiger partial charge on any atom is 0.00701 e. The second-order valence-corrected chi connectivity index (χ2v) is 6.59. The molecule has 19 heavy (non-hydrogen) atoms. The van der Waals surface area contributed by atoms with Crippen molar-refractivity contribution in [1.82, 2.24) is 5.32 Å². The van der Waals surface area contributed by atoms with Gasteiger partial charge in [0.05, 0.1) is 0 Å². The summed E-state index contributed by atoms with van der Waals surface area (Å²) >= 11 is 0. The molecule has 1 heterocycles. The Morgan fingerprint density at radius 3 is 2.00 bits per heavy atom. The molecule has 1 fully saturated rings. The van der Waals surface area contributed by atoms with Gasteiger partial charge in [-0.2, -0.15) is 0 Å². The quantitative estimate of drug-likeness (QED) is 0.448. The molecule has 1 nitrogen and oxygen atoms in total. The van der Waals surface area contributed by atoms with Gasteiger partial charge in [0.1, 0.15) is 0 Å². The van der Waals surface area contributed by atoms with Gasteiger partial charge in [-0.25, -0.2) is 0 Å². The average molecular weight is 268 g/mol. The monoisotopic (exact) mass is 267 g/mol. The van der Waals surface area contributed by atoms with E-state index in [1.165, 1.54) is 90.0 Å². The van der Waals surface area contributed by atoms with Crippen LogP contribution < -0.4 is 5.32 Å². The Hall–Kier alpha value is -0.0400. The van der Waals surface area contributed by atoms with E-state index in [1.807, 2.05) is 0 Å². The number of nitrogens with one attached hydrogen (secondary N) is 1. The van der Waals surface area contributed by atoms with Crippen LogP contribution in [-0.2, 0) is 0 Å². The van der Waals surface area contributed by atoms with E-state index in [0.29, 0.717) is 0 Å². The van der Waals surface area contributed by atoms with Crippen LogP contribution in [0.4, 0.5) is 0 Å². The van der Waals surface area contributed by atoms with Crippen molar-refractivity contribution >= 4 is 0 Å². The molecule has 0 saturated carbocycles. The van der Waals surface area contributed by atoms with Crippen LogP contribution in [0.3, 0.4) is 0 Å². The van der Waals surface area contributed by atoms with Crippen LogP contribution in [0.5, 0.6) is 0 Å². The second kappa shape index (κ2) is 11.8. The van der Waals surface area contributed by atoms with E-state index in [0.717, 1.165) is 12.0 Å². The van der Waals surface area contributed by atoms with Crippen molar-refractivity contribution < 1.29 is 0 Å². The predicted molar refractivity (Wildman–Crippen MR) is 86.6 cm³/mol. The largest absolute Gasteiger partial charge is 0.314 e. The lowest BCUT2D eigenvalue weighted by atomic mass is 9.88. The maximum absolute atomic E-state index is 3.69. The van der Waals surface area contributed by atoms with Crippen LogP contribution in [0.25, 0.3) is 0 Å². The van der Waals surface area contributed by atoms with Crippen LogP contribution in [0.2, 0.25) is 0 Å². The predicted octanol–water partition coefficient (Wildman–Crippen LogP) is 5.69. The second-order valence-electron chi connectivity index (χ2n) is 6.59. The molecule has 0 aromatic rings. The minimum absolute atomic E-state index is 0.849. The van der Waals surface area contributed by atoms with Gasteiger partial charge in [0.25, 0.3) is 0 Å². The van der Waals surface area contributed by atoms with Gasteiger partial charge in [-0.15, -0.1) is 0 Å². The van der Waals surface area contributed by atoms with E-state index in [1.54, 1.807) is 0 Å². The van der Waals surface area contributed by atoms with Gasteiger partial charge in [-0.1, -0.05) is 78.1 Å². The third-order valence-corrected chi connectivity index (χ3v) is 4.71. The molecular weight excluding hydrogens is 230 g/mol. The molecule has 1 heteroatoms. The van der Waals surface area contributed by atoms with E-state index in [9.17, 15) is 0 Å². The number of hydrogen-bond acceptors (Lipinski definition) is 1. The first-order valence-electron chi connectivity index (χ1n) is 9.10. The Bertz CT molecular complexity index is 172. The third-order valence-electron chi connectivity index (χ3n) is 4.71. The molecule has 1 N–H and O–H groups in total. The van der Waals surface area contributed by atoms with Crippen LogP contribution in [0.1, 0.15) is 97.3 Å². The summed E-state index contributed by atoms with van der Waals surface area (Å²) in [5, 5.41) is 3.69. The van der Waals surface area contributed by atoms with Crippen molar-refractivity contribution in [3.8, 4) is 0 Å². The molecule has 0 unspecified atom stereocenters. The Morgan fingerprint density at radius 1 is 0.895 bits per heavy atom. The molecule has 0 radical (unpaired) electrons. The number of rotatable bonds is 12. The van der Waals surface area contributed by atoms with E-state index >= 15 is 0 Å². The van der Waals surface area contributed by atoms with Crippen LogP contribution in [0.15, 0.2) is 0 Å². The molecule has 0 spiro atoms. The summed E-state index contributed by atoms with van der Waals surface area (Å²) in [5.74, 6) is 1.00. The van der Waals surface area contributed by atoms with Crippen LogP contribution in [-0.4, -0.2) is 12.6 Å². The highest BCUT2D eigenvalue weighted by Gasteiger charge is 2.19. The Morgan fingerprint density at radius 2 is 1.53 bits per heavy atom.